The maximum atomic E-state index is 9.66. The Kier molecular flexibility index (Phi) is 2.18. The number of nitrogens with zero attached hydrogens (tertiary/aromatic N) is 2. The molecule has 0 aliphatic heterocycles. The van der Waals surface area contributed by atoms with Crippen molar-refractivity contribution in [2.45, 2.75) is 0 Å². The van der Waals surface area contributed by atoms with Crippen molar-refractivity contribution >= 4 is 0 Å². The van der Waals surface area contributed by atoms with E-state index in [0.29, 0.717) is 5.56 Å². The van der Waals surface area contributed by atoms with E-state index in [1.165, 1.54) is 6.07 Å². The summed E-state index contributed by atoms with van der Waals surface area (Å²) in [4.78, 5) is 13.9. The van der Waals surface area contributed by atoms with Gasteiger partial charge in [-0.15, -0.1) is 4.91 Å². The van der Waals surface area contributed by atoms with Crippen molar-refractivity contribution in [3.8, 4) is 11.8 Å². The van der Waals surface area contributed by atoms with Crippen molar-refractivity contribution < 1.29 is 4.84 Å². The van der Waals surface area contributed by atoms with Crippen LogP contribution < -0.4 is 4.84 Å². The lowest BCUT2D eigenvalue weighted by Crippen LogP contribution is -1.84. The molecule has 0 aliphatic carbocycles. The lowest BCUT2D eigenvalue weighted by atomic mass is 10.2. The highest BCUT2D eigenvalue weighted by molar-refractivity contribution is 5.42. The number of nitriles is 1. The van der Waals surface area contributed by atoms with E-state index in [1.54, 1.807) is 18.2 Å². The van der Waals surface area contributed by atoms with Gasteiger partial charge in [0, 0.05) is 0 Å². The van der Waals surface area contributed by atoms with Crippen LogP contribution in [0.5, 0.6) is 5.75 Å². The number of hydrogen-bond acceptors (Lipinski definition) is 4. The summed E-state index contributed by atoms with van der Waals surface area (Å²) < 4.78 is 0. The normalized spacial score (nSPS) is 8.27. The quantitative estimate of drug-likeness (QED) is 0.472. The monoisotopic (exact) mass is 148 g/mol. The summed E-state index contributed by atoms with van der Waals surface area (Å²) in [6.45, 7) is 0. The van der Waals surface area contributed by atoms with Crippen LogP contribution in [0.1, 0.15) is 5.56 Å². The molecule has 0 unspecified atom stereocenters. The third kappa shape index (κ3) is 1.52. The molecule has 11 heavy (non-hydrogen) atoms. The van der Waals surface area contributed by atoms with Crippen molar-refractivity contribution in [1.29, 1.82) is 5.26 Å². The highest BCUT2D eigenvalue weighted by Crippen LogP contribution is 2.16. The van der Waals surface area contributed by atoms with E-state index in [2.05, 4.69) is 10.2 Å². The van der Waals surface area contributed by atoms with E-state index < -0.39 is 0 Å². The summed E-state index contributed by atoms with van der Waals surface area (Å²) in [5, 5.41) is 10.7. The number of hydrogen-bond donors (Lipinski definition) is 0. The number of para-hydroxylation sites is 1. The van der Waals surface area contributed by atoms with Crippen LogP contribution >= 0.6 is 0 Å². The fourth-order valence-corrected chi connectivity index (χ4v) is 0.679. The maximum Gasteiger partial charge on any atom is 0.179 e. The lowest BCUT2D eigenvalue weighted by molar-refractivity contribution is 0.334. The minimum atomic E-state index is 0.185. The van der Waals surface area contributed by atoms with Crippen molar-refractivity contribution in [2.75, 3.05) is 0 Å². The Bertz CT molecular complexity index is 304. The standard InChI is InChI=1S/C7H4N2O2/c8-5-6-3-1-2-4-7(6)11-9-10/h1-4H. The van der Waals surface area contributed by atoms with Gasteiger partial charge in [0.05, 0.1) is 5.56 Å². The molecule has 54 valence electrons. The van der Waals surface area contributed by atoms with E-state index in [-0.39, 0.29) is 5.75 Å². The van der Waals surface area contributed by atoms with Crippen LogP contribution in [0.25, 0.3) is 0 Å². The molecule has 0 aliphatic rings. The molecule has 0 saturated carbocycles. The lowest BCUT2D eigenvalue weighted by Gasteiger charge is -1.94. The Morgan fingerprint density at radius 2 is 2.18 bits per heavy atom. The third-order valence-corrected chi connectivity index (χ3v) is 1.14. The van der Waals surface area contributed by atoms with Gasteiger partial charge in [-0.1, -0.05) is 12.1 Å². The van der Waals surface area contributed by atoms with Crippen molar-refractivity contribution in [1.82, 2.24) is 0 Å². The maximum absolute atomic E-state index is 9.66. The molecule has 0 aromatic heterocycles. The summed E-state index contributed by atoms with van der Waals surface area (Å²) in [5.74, 6) is 0.185. The Labute approximate surface area is 63.0 Å². The van der Waals surface area contributed by atoms with Crippen LogP contribution in [-0.4, -0.2) is 0 Å². The predicted octanol–water partition coefficient (Wildman–Crippen LogP) is 1.62. The zero-order valence-corrected chi connectivity index (χ0v) is 5.52. The summed E-state index contributed by atoms with van der Waals surface area (Å²) in [5.41, 5.74) is 0.298. The molecular formula is C7H4N2O2. The molecule has 4 nitrogen and oxygen atoms in total. The molecule has 0 spiro atoms. The van der Waals surface area contributed by atoms with Gasteiger partial charge in [0.2, 0.25) is 0 Å². The Morgan fingerprint density at radius 1 is 1.45 bits per heavy atom. The molecule has 0 heterocycles. The number of rotatable bonds is 2. The molecule has 1 rings (SSSR count). The Hall–Kier alpha value is -1.89. The second-order valence-corrected chi connectivity index (χ2v) is 1.77. The van der Waals surface area contributed by atoms with Crippen LogP contribution in [0.4, 0.5) is 0 Å². The van der Waals surface area contributed by atoms with Crippen LogP contribution in [0, 0.1) is 16.2 Å². The molecule has 0 N–H and O–H groups in total. The van der Waals surface area contributed by atoms with Crippen LogP contribution in [0.15, 0.2) is 29.6 Å². The zero-order valence-electron chi connectivity index (χ0n) is 5.52. The van der Waals surface area contributed by atoms with Gasteiger partial charge in [0.25, 0.3) is 0 Å². The Balaban J connectivity index is 3.04. The molecule has 0 amide bonds. The molecule has 1 aromatic rings. The highest BCUT2D eigenvalue weighted by atomic mass is 16.7. The van der Waals surface area contributed by atoms with Gasteiger partial charge in [-0.3, -0.25) is 0 Å². The fourth-order valence-electron chi connectivity index (χ4n) is 0.679. The SMILES string of the molecule is N#Cc1ccccc1ON=O. The molecule has 1 aromatic carbocycles. The van der Waals surface area contributed by atoms with E-state index in [0.717, 1.165) is 0 Å². The van der Waals surface area contributed by atoms with Gasteiger partial charge in [-0.25, -0.2) is 0 Å². The summed E-state index contributed by atoms with van der Waals surface area (Å²) in [7, 11) is 0. The molecule has 0 radical (unpaired) electrons. The third-order valence-electron chi connectivity index (χ3n) is 1.14. The minimum absolute atomic E-state index is 0.185. The van der Waals surface area contributed by atoms with E-state index in [4.69, 9.17) is 5.26 Å². The average Bonchev–Trinajstić information content (AvgIpc) is 2.06. The average molecular weight is 148 g/mol. The summed E-state index contributed by atoms with van der Waals surface area (Å²) in [6, 6.07) is 8.23. The van der Waals surface area contributed by atoms with Crippen molar-refractivity contribution in [3.63, 3.8) is 0 Å². The van der Waals surface area contributed by atoms with E-state index in [9.17, 15) is 4.91 Å². The van der Waals surface area contributed by atoms with Gasteiger partial charge >= 0.3 is 0 Å². The van der Waals surface area contributed by atoms with Crippen LogP contribution in [-0.2, 0) is 0 Å². The summed E-state index contributed by atoms with van der Waals surface area (Å²) in [6.07, 6.45) is 0. The number of benzene rings is 1. The van der Waals surface area contributed by atoms with E-state index >= 15 is 0 Å². The first-order valence-electron chi connectivity index (χ1n) is 2.87. The minimum Gasteiger partial charge on any atom is -0.323 e. The largest absolute Gasteiger partial charge is 0.323 e. The molecule has 4 heteroatoms. The van der Waals surface area contributed by atoms with Gasteiger partial charge < -0.3 is 4.84 Å². The first-order valence-corrected chi connectivity index (χ1v) is 2.87. The first kappa shape index (κ1) is 7.22. The smallest absolute Gasteiger partial charge is 0.179 e. The molecule has 0 fully saturated rings. The Morgan fingerprint density at radius 3 is 2.82 bits per heavy atom. The molecule has 0 bridgehead atoms. The molecule has 0 atom stereocenters. The highest BCUT2D eigenvalue weighted by Gasteiger charge is 2.00. The van der Waals surface area contributed by atoms with Crippen molar-refractivity contribution in [3.05, 3.63) is 34.7 Å². The van der Waals surface area contributed by atoms with E-state index in [1.807, 2.05) is 6.07 Å². The van der Waals surface area contributed by atoms with Gasteiger partial charge in [0.15, 0.2) is 11.1 Å². The predicted molar refractivity (Wildman–Crippen MR) is 37.6 cm³/mol. The van der Waals surface area contributed by atoms with Crippen molar-refractivity contribution in [2.24, 2.45) is 5.34 Å². The second-order valence-electron chi connectivity index (χ2n) is 1.77. The zero-order chi connectivity index (χ0) is 8.10. The summed E-state index contributed by atoms with van der Waals surface area (Å²) >= 11 is 0. The van der Waals surface area contributed by atoms with Gasteiger partial charge in [-0.05, 0) is 12.1 Å². The topological polar surface area (TPSA) is 62.4 Å². The van der Waals surface area contributed by atoms with Crippen LogP contribution in [0.2, 0.25) is 0 Å². The molecular weight excluding hydrogens is 144 g/mol. The fraction of sp³-hybridized carbons (Fsp3) is 0. The second kappa shape index (κ2) is 3.32. The van der Waals surface area contributed by atoms with Gasteiger partial charge in [0.1, 0.15) is 6.07 Å². The van der Waals surface area contributed by atoms with Gasteiger partial charge in [-0.2, -0.15) is 5.26 Å². The molecule has 0 saturated heterocycles. The first-order chi connectivity index (χ1) is 5.38. The van der Waals surface area contributed by atoms with Crippen LogP contribution in [0.3, 0.4) is 0 Å².